The van der Waals surface area contributed by atoms with Gasteiger partial charge in [-0.3, -0.25) is 0 Å². The van der Waals surface area contributed by atoms with Gasteiger partial charge in [-0.2, -0.15) is 0 Å². The average molecular weight is 276 g/mol. The van der Waals surface area contributed by atoms with E-state index in [0.29, 0.717) is 0 Å². The molecular formula is C16H18ClNO. The summed E-state index contributed by atoms with van der Waals surface area (Å²) in [6, 6.07) is 16.1. The monoisotopic (exact) mass is 275 g/mol. The molecule has 1 unspecified atom stereocenters. The molecule has 0 aromatic heterocycles. The van der Waals surface area contributed by atoms with Crippen molar-refractivity contribution in [2.45, 2.75) is 26.1 Å². The summed E-state index contributed by atoms with van der Waals surface area (Å²) in [5.41, 5.74) is 3.36. The summed E-state index contributed by atoms with van der Waals surface area (Å²) in [6.07, 6.45) is 0. The molecule has 19 heavy (non-hydrogen) atoms. The van der Waals surface area contributed by atoms with Gasteiger partial charge >= 0.3 is 0 Å². The van der Waals surface area contributed by atoms with E-state index in [2.05, 4.69) is 12.2 Å². The zero-order valence-corrected chi connectivity index (χ0v) is 11.7. The number of aliphatic hydroxyl groups excluding tert-OH is 1. The van der Waals surface area contributed by atoms with Crippen LogP contribution in [0.3, 0.4) is 0 Å². The van der Waals surface area contributed by atoms with Gasteiger partial charge in [-0.05, 0) is 35.7 Å². The van der Waals surface area contributed by atoms with Crippen LogP contribution in [0.1, 0.15) is 29.7 Å². The molecule has 0 fully saturated rings. The first-order valence-electron chi connectivity index (χ1n) is 6.36. The molecule has 0 spiro atoms. The topological polar surface area (TPSA) is 32.3 Å². The molecule has 0 aliphatic rings. The van der Waals surface area contributed by atoms with Gasteiger partial charge in [0.2, 0.25) is 0 Å². The summed E-state index contributed by atoms with van der Waals surface area (Å²) in [5, 5.41) is 13.2. The van der Waals surface area contributed by atoms with Gasteiger partial charge in [0.15, 0.2) is 0 Å². The molecule has 0 radical (unpaired) electrons. The van der Waals surface area contributed by atoms with E-state index in [1.54, 1.807) is 0 Å². The first-order valence-corrected chi connectivity index (χ1v) is 6.74. The van der Waals surface area contributed by atoms with Crippen molar-refractivity contribution >= 4 is 11.6 Å². The third kappa shape index (κ3) is 4.06. The molecule has 0 amide bonds. The molecule has 2 aromatic carbocycles. The fourth-order valence-corrected chi connectivity index (χ4v) is 2.03. The summed E-state index contributed by atoms with van der Waals surface area (Å²) >= 11 is 5.88. The van der Waals surface area contributed by atoms with E-state index < -0.39 is 0 Å². The summed E-state index contributed by atoms with van der Waals surface area (Å²) in [5.74, 6) is 0. The van der Waals surface area contributed by atoms with Gasteiger partial charge < -0.3 is 10.4 Å². The van der Waals surface area contributed by atoms with Crippen molar-refractivity contribution in [3.63, 3.8) is 0 Å². The minimum atomic E-state index is 0.0921. The molecule has 2 nitrogen and oxygen atoms in total. The Balaban J connectivity index is 1.92. The van der Waals surface area contributed by atoms with E-state index in [0.717, 1.165) is 17.1 Å². The third-order valence-electron chi connectivity index (χ3n) is 3.19. The number of nitrogens with one attached hydrogen (secondary N) is 1. The highest BCUT2D eigenvalue weighted by atomic mass is 35.5. The molecule has 100 valence electrons. The first kappa shape index (κ1) is 14.1. The van der Waals surface area contributed by atoms with Crippen LogP contribution in [0.2, 0.25) is 5.02 Å². The Morgan fingerprint density at radius 1 is 1.00 bits per heavy atom. The van der Waals surface area contributed by atoms with Crippen molar-refractivity contribution in [3.05, 3.63) is 70.2 Å². The molecule has 2 aromatic rings. The molecule has 2 rings (SSSR count). The minimum Gasteiger partial charge on any atom is -0.392 e. The fourth-order valence-electron chi connectivity index (χ4n) is 1.90. The lowest BCUT2D eigenvalue weighted by Gasteiger charge is -2.14. The summed E-state index contributed by atoms with van der Waals surface area (Å²) in [6.45, 7) is 3.02. The molecule has 1 atom stereocenters. The van der Waals surface area contributed by atoms with Crippen LogP contribution in [0.4, 0.5) is 0 Å². The van der Waals surface area contributed by atoms with Crippen LogP contribution in [-0.2, 0) is 13.2 Å². The van der Waals surface area contributed by atoms with E-state index in [9.17, 15) is 0 Å². The van der Waals surface area contributed by atoms with Gasteiger partial charge in [-0.1, -0.05) is 48.0 Å². The number of benzene rings is 2. The molecule has 0 saturated heterocycles. The lowest BCUT2D eigenvalue weighted by atomic mass is 10.1. The van der Waals surface area contributed by atoms with Crippen LogP contribution < -0.4 is 5.32 Å². The lowest BCUT2D eigenvalue weighted by Crippen LogP contribution is -2.17. The number of aliphatic hydroxyl groups is 1. The van der Waals surface area contributed by atoms with Crippen molar-refractivity contribution < 1.29 is 5.11 Å². The predicted octanol–water partition coefficient (Wildman–Crippen LogP) is 3.68. The SMILES string of the molecule is CC(NCc1ccc(CO)cc1)c1ccc(Cl)cc1. The smallest absolute Gasteiger partial charge is 0.0681 e. The zero-order valence-electron chi connectivity index (χ0n) is 10.9. The van der Waals surface area contributed by atoms with Crippen LogP contribution in [-0.4, -0.2) is 5.11 Å². The van der Waals surface area contributed by atoms with Crippen LogP contribution in [0.25, 0.3) is 0 Å². The van der Waals surface area contributed by atoms with Gasteiger partial charge in [0.1, 0.15) is 0 Å². The van der Waals surface area contributed by atoms with E-state index in [1.165, 1.54) is 11.1 Å². The highest BCUT2D eigenvalue weighted by molar-refractivity contribution is 6.30. The van der Waals surface area contributed by atoms with Gasteiger partial charge in [0.25, 0.3) is 0 Å². The Hall–Kier alpha value is -1.35. The zero-order chi connectivity index (χ0) is 13.7. The van der Waals surface area contributed by atoms with Crippen molar-refractivity contribution in [3.8, 4) is 0 Å². The van der Waals surface area contributed by atoms with Gasteiger partial charge in [0.05, 0.1) is 6.61 Å². The second-order valence-corrected chi connectivity index (χ2v) is 5.07. The molecule has 0 heterocycles. The second-order valence-electron chi connectivity index (χ2n) is 4.63. The number of hydrogen-bond donors (Lipinski definition) is 2. The Bertz CT molecular complexity index is 507. The first-order chi connectivity index (χ1) is 9.19. The maximum Gasteiger partial charge on any atom is 0.0681 e. The summed E-state index contributed by atoms with van der Waals surface area (Å²) in [7, 11) is 0. The van der Waals surface area contributed by atoms with Crippen LogP contribution in [0.15, 0.2) is 48.5 Å². The standard InChI is InChI=1S/C16H18ClNO/c1-12(15-6-8-16(17)9-7-15)18-10-13-2-4-14(11-19)5-3-13/h2-9,12,18-19H,10-11H2,1H3. The fraction of sp³-hybridized carbons (Fsp3) is 0.250. The van der Waals surface area contributed by atoms with Gasteiger partial charge in [-0.15, -0.1) is 0 Å². The van der Waals surface area contributed by atoms with Crippen LogP contribution in [0.5, 0.6) is 0 Å². The molecule has 0 aliphatic heterocycles. The molecule has 0 aliphatic carbocycles. The van der Waals surface area contributed by atoms with Crippen molar-refractivity contribution in [1.82, 2.24) is 5.32 Å². The Kier molecular flexibility index (Phi) is 4.97. The van der Waals surface area contributed by atoms with E-state index >= 15 is 0 Å². The Labute approximate surface area is 119 Å². The Morgan fingerprint density at radius 2 is 1.58 bits per heavy atom. The summed E-state index contributed by atoms with van der Waals surface area (Å²) < 4.78 is 0. The van der Waals surface area contributed by atoms with E-state index in [4.69, 9.17) is 16.7 Å². The van der Waals surface area contributed by atoms with Crippen molar-refractivity contribution in [1.29, 1.82) is 0 Å². The van der Waals surface area contributed by atoms with Gasteiger partial charge in [-0.25, -0.2) is 0 Å². The third-order valence-corrected chi connectivity index (χ3v) is 3.44. The highest BCUT2D eigenvalue weighted by Crippen LogP contribution is 2.16. The van der Waals surface area contributed by atoms with E-state index in [1.807, 2.05) is 48.5 Å². The molecule has 0 bridgehead atoms. The minimum absolute atomic E-state index is 0.0921. The maximum atomic E-state index is 8.99. The normalized spacial score (nSPS) is 12.4. The predicted molar refractivity (Wildman–Crippen MR) is 79.1 cm³/mol. The van der Waals surface area contributed by atoms with Crippen LogP contribution in [0, 0.1) is 0 Å². The molecule has 2 N–H and O–H groups in total. The maximum absolute atomic E-state index is 8.99. The Morgan fingerprint density at radius 3 is 2.16 bits per heavy atom. The molecular weight excluding hydrogens is 258 g/mol. The quantitative estimate of drug-likeness (QED) is 0.872. The van der Waals surface area contributed by atoms with Crippen molar-refractivity contribution in [2.24, 2.45) is 0 Å². The number of hydrogen-bond acceptors (Lipinski definition) is 2. The second kappa shape index (κ2) is 6.71. The lowest BCUT2D eigenvalue weighted by molar-refractivity contribution is 0.282. The molecule has 0 saturated carbocycles. The number of halogens is 1. The van der Waals surface area contributed by atoms with Crippen LogP contribution >= 0.6 is 11.6 Å². The highest BCUT2D eigenvalue weighted by Gasteiger charge is 2.04. The summed E-state index contributed by atoms with van der Waals surface area (Å²) in [4.78, 5) is 0. The largest absolute Gasteiger partial charge is 0.392 e. The average Bonchev–Trinajstić information content (AvgIpc) is 2.46. The van der Waals surface area contributed by atoms with Crippen molar-refractivity contribution in [2.75, 3.05) is 0 Å². The number of rotatable bonds is 5. The van der Waals surface area contributed by atoms with Gasteiger partial charge in [0, 0.05) is 17.6 Å². The van der Waals surface area contributed by atoms with E-state index in [-0.39, 0.29) is 12.6 Å². The molecule has 3 heteroatoms.